The maximum absolute atomic E-state index is 13.4. The van der Waals surface area contributed by atoms with Crippen LogP contribution in [0.25, 0.3) is 10.9 Å². The molecular formula is C16H12FN3. The van der Waals surface area contributed by atoms with Gasteiger partial charge in [0.05, 0.1) is 17.1 Å². The lowest BCUT2D eigenvalue weighted by atomic mass is 10.1. The summed E-state index contributed by atoms with van der Waals surface area (Å²) in [6, 6.07) is 13.9. The van der Waals surface area contributed by atoms with Gasteiger partial charge in [-0.3, -0.25) is 0 Å². The number of anilines is 1. The van der Waals surface area contributed by atoms with Crippen LogP contribution in [0, 0.1) is 17.1 Å². The Morgan fingerprint density at radius 1 is 1.15 bits per heavy atom. The van der Waals surface area contributed by atoms with E-state index in [4.69, 9.17) is 11.0 Å². The summed E-state index contributed by atoms with van der Waals surface area (Å²) >= 11 is 0. The van der Waals surface area contributed by atoms with E-state index in [1.165, 1.54) is 18.2 Å². The second-order valence-corrected chi connectivity index (χ2v) is 4.68. The summed E-state index contributed by atoms with van der Waals surface area (Å²) in [5.41, 5.74) is 8.59. The summed E-state index contributed by atoms with van der Waals surface area (Å²) in [5.74, 6) is -0.338. The average molecular weight is 265 g/mol. The number of nitrogen functional groups attached to an aromatic ring is 1. The monoisotopic (exact) mass is 265 g/mol. The molecule has 2 aromatic carbocycles. The van der Waals surface area contributed by atoms with E-state index in [0.717, 1.165) is 10.9 Å². The van der Waals surface area contributed by atoms with Gasteiger partial charge in [-0.2, -0.15) is 5.26 Å². The van der Waals surface area contributed by atoms with Crippen molar-refractivity contribution in [3.8, 4) is 6.07 Å². The van der Waals surface area contributed by atoms with Crippen LogP contribution in [-0.2, 0) is 6.54 Å². The normalized spacial score (nSPS) is 10.6. The first-order valence-electron chi connectivity index (χ1n) is 6.20. The predicted molar refractivity (Wildman–Crippen MR) is 76.6 cm³/mol. The molecule has 0 radical (unpaired) electrons. The third-order valence-electron chi connectivity index (χ3n) is 3.33. The van der Waals surface area contributed by atoms with Crippen molar-refractivity contribution in [1.29, 1.82) is 5.26 Å². The summed E-state index contributed by atoms with van der Waals surface area (Å²) in [6.07, 6.45) is 1.91. The second-order valence-electron chi connectivity index (χ2n) is 4.68. The zero-order valence-electron chi connectivity index (χ0n) is 10.7. The molecule has 3 aromatic rings. The van der Waals surface area contributed by atoms with Crippen LogP contribution >= 0.6 is 0 Å². The van der Waals surface area contributed by atoms with E-state index in [-0.39, 0.29) is 5.82 Å². The highest BCUT2D eigenvalue weighted by Gasteiger charge is 2.07. The number of fused-ring (bicyclic) bond motifs is 1. The highest BCUT2D eigenvalue weighted by Crippen LogP contribution is 2.21. The lowest BCUT2D eigenvalue weighted by Gasteiger charge is -2.08. The Bertz CT molecular complexity index is 827. The van der Waals surface area contributed by atoms with Gasteiger partial charge in [0.1, 0.15) is 5.82 Å². The molecule has 0 saturated heterocycles. The van der Waals surface area contributed by atoms with E-state index in [2.05, 4.69) is 6.07 Å². The molecule has 0 aliphatic carbocycles. The molecular weight excluding hydrogens is 253 g/mol. The number of nitrogens with zero attached hydrogens (tertiary/aromatic N) is 2. The molecule has 3 nitrogen and oxygen atoms in total. The van der Waals surface area contributed by atoms with E-state index in [1.807, 2.05) is 35.0 Å². The molecule has 2 N–H and O–H groups in total. The first-order chi connectivity index (χ1) is 9.67. The number of halogens is 1. The molecule has 0 spiro atoms. The topological polar surface area (TPSA) is 54.7 Å². The largest absolute Gasteiger partial charge is 0.399 e. The second kappa shape index (κ2) is 4.71. The Morgan fingerprint density at radius 2 is 2.00 bits per heavy atom. The van der Waals surface area contributed by atoms with Gasteiger partial charge in [0.15, 0.2) is 0 Å². The first kappa shape index (κ1) is 12.2. The van der Waals surface area contributed by atoms with Gasteiger partial charge in [-0.25, -0.2) is 4.39 Å². The van der Waals surface area contributed by atoms with Crippen LogP contribution in [0.15, 0.2) is 48.7 Å². The molecule has 0 saturated carbocycles. The molecule has 98 valence electrons. The Labute approximate surface area is 115 Å². The van der Waals surface area contributed by atoms with Gasteiger partial charge in [-0.15, -0.1) is 0 Å². The van der Waals surface area contributed by atoms with Gasteiger partial charge in [-0.05, 0) is 47.3 Å². The van der Waals surface area contributed by atoms with Gasteiger partial charge in [0.2, 0.25) is 0 Å². The standard InChI is InChI=1S/C16H12FN3/c17-14-3-1-12(9-18)13(7-14)10-20-6-5-11-2-4-15(19)8-16(11)20/h1-8H,10,19H2. The highest BCUT2D eigenvalue weighted by atomic mass is 19.1. The number of hydrogen-bond donors (Lipinski definition) is 1. The quantitative estimate of drug-likeness (QED) is 0.723. The summed E-state index contributed by atoms with van der Waals surface area (Å²) in [5, 5.41) is 10.2. The van der Waals surface area contributed by atoms with Gasteiger partial charge in [0.25, 0.3) is 0 Å². The van der Waals surface area contributed by atoms with Gasteiger partial charge in [0, 0.05) is 18.4 Å². The lowest BCUT2D eigenvalue weighted by molar-refractivity contribution is 0.623. The summed E-state index contributed by atoms with van der Waals surface area (Å²) < 4.78 is 15.3. The summed E-state index contributed by atoms with van der Waals surface area (Å²) in [7, 11) is 0. The van der Waals surface area contributed by atoms with E-state index in [9.17, 15) is 4.39 Å². The first-order valence-corrected chi connectivity index (χ1v) is 6.20. The van der Waals surface area contributed by atoms with Crippen LogP contribution in [0.5, 0.6) is 0 Å². The molecule has 0 atom stereocenters. The van der Waals surface area contributed by atoms with Crippen LogP contribution < -0.4 is 5.73 Å². The third-order valence-corrected chi connectivity index (χ3v) is 3.33. The molecule has 20 heavy (non-hydrogen) atoms. The number of nitrogens with two attached hydrogens (primary N) is 1. The van der Waals surface area contributed by atoms with E-state index < -0.39 is 0 Å². The third kappa shape index (κ3) is 2.10. The molecule has 3 rings (SSSR count). The fourth-order valence-corrected chi connectivity index (χ4v) is 2.32. The van der Waals surface area contributed by atoms with Crippen molar-refractivity contribution in [3.63, 3.8) is 0 Å². The van der Waals surface area contributed by atoms with Crippen LogP contribution in [0.4, 0.5) is 10.1 Å². The Morgan fingerprint density at radius 3 is 2.80 bits per heavy atom. The molecule has 0 aliphatic rings. The molecule has 0 amide bonds. The Balaban J connectivity index is 2.08. The minimum absolute atomic E-state index is 0.338. The number of aromatic nitrogens is 1. The highest BCUT2D eigenvalue weighted by molar-refractivity contribution is 5.83. The number of hydrogen-bond acceptors (Lipinski definition) is 2. The molecule has 0 unspecified atom stereocenters. The smallest absolute Gasteiger partial charge is 0.123 e. The molecule has 1 aromatic heterocycles. The number of rotatable bonds is 2. The van der Waals surface area contributed by atoms with E-state index in [1.54, 1.807) is 0 Å². The van der Waals surface area contributed by atoms with Crippen molar-refractivity contribution in [2.45, 2.75) is 6.54 Å². The minimum atomic E-state index is -0.338. The fraction of sp³-hybridized carbons (Fsp3) is 0.0625. The van der Waals surface area contributed by atoms with Crippen molar-refractivity contribution < 1.29 is 4.39 Å². The maximum Gasteiger partial charge on any atom is 0.123 e. The SMILES string of the molecule is N#Cc1ccc(F)cc1Cn1ccc2ccc(N)cc21. The molecule has 4 heteroatoms. The van der Waals surface area contributed by atoms with Crippen molar-refractivity contribution in [3.05, 3.63) is 65.6 Å². The fourth-order valence-electron chi connectivity index (χ4n) is 2.32. The Kier molecular flexibility index (Phi) is 2.88. The van der Waals surface area contributed by atoms with Crippen molar-refractivity contribution in [1.82, 2.24) is 4.57 Å². The summed E-state index contributed by atoms with van der Waals surface area (Å²) in [4.78, 5) is 0. The van der Waals surface area contributed by atoms with E-state index in [0.29, 0.717) is 23.4 Å². The van der Waals surface area contributed by atoms with Gasteiger partial charge >= 0.3 is 0 Å². The minimum Gasteiger partial charge on any atom is -0.399 e. The maximum atomic E-state index is 13.4. The average Bonchev–Trinajstić information content (AvgIpc) is 2.82. The van der Waals surface area contributed by atoms with Gasteiger partial charge in [-0.1, -0.05) is 6.07 Å². The predicted octanol–water partition coefficient (Wildman–Crippen LogP) is 3.28. The number of nitriles is 1. The lowest BCUT2D eigenvalue weighted by Crippen LogP contribution is -2.01. The molecule has 0 fully saturated rings. The van der Waals surface area contributed by atoms with Crippen LogP contribution in [0.2, 0.25) is 0 Å². The summed E-state index contributed by atoms with van der Waals surface area (Å²) in [6.45, 7) is 0.438. The van der Waals surface area contributed by atoms with Crippen LogP contribution in [0.3, 0.4) is 0 Å². The zero-order valence-corrected chi connectivity index (χ0v) is 10.7. The number of benzene rings is 2. The van der Waals surface area contributed by atoms with Crippen molar-refractivity contribution >= 4 is 16.6 Å². The van der Waals surface area contributed by atoms with Crippen LogP contribution in [-0.4, -0.2) is 4.57 Å². The van der Waals surface area contributed by atoms with Crippen LogP contribution in [0.1, 0.15) is 11.1 Å². The Hall–Kier alpha value is -2.80. The van der Waals surface area contributed by atoms with Crippen molar-refractivity contribution in [2.24, 2.45) is 0 Å². The molecule has 0 bridgehead atoms. The molecule has 1 heterocycles. The van der Waals surface area contributed by atoms with Gasteiger partial charge < -0.3 is 10.3 Å². The zero-order chi connectivity index (χ0) is 14.1. The van der Waals surface area contributed by atoms with E-state index >= 15 is 0 Å². The molecule has 0 aliphatic heterocycles. The van der Waals surface area contributed by atoms with Crippen molar-refractivity contribution in [2.75, 3.05) is 5.73 Å².